The summed E-state index contributed by atoms with van der Waals surface area (Å²) < 4.78 is 0. The minimum Gasteiger partial charge on any atom is -0.478 e. The highest BCUT2D eigenvalue weighted by Gasteiger charge is 2.01. The lowest BCUT2D eigenvalue weighted by Crippen LogP contribution is -2.16. The average Bonchev–Trinajstić information content (AvgIpc) is 2.16. The molecule has 0 atom stereocenters. The molecule has 0 heterocycles. The predicted molar refractivity (Wildman–Crippen MR) is 58.4 cm³/mol. The fourth-order valence-electron chi connectivity index (χ4n) is 1.18. The van der Waals surface area contributed by atoms with Crippen molar-refractivity contribution in [3.05, 3.63) is 11.6 Å². The van der Waals surface area contributed by atoms with E-state index in [1.807, 2.05) is 6.92 Å². The summed E-state index contributed by atoms with van der Waals surface area (Å²) in [6.45, 7) is 5.66. The van der Waals surface area contributed by atoms with Crippen LogP contribution in [-0.2, 0) is 4.79 Å². The van der Waals surface area contributed by atoms with Crippen molar-refractivity contribution >= 4 is 5.97 Å². The summed E-state index contributed by atoms with van der Waals surface area (Å²) >= 11 is 0. The van der Waals surface area contributed by atoms with Gasteiger partial charge in [-0.05, 0) is 19.4 Å². The summed E-state index contributed by atoms with van der Waals surface area (Å²) in [5.74, 6) is -0.803. The van der Waals surface area contributed by atoms with E-state index < -0.39 is 5.97 Å². The average molecular weight is 199 g/mol. The second-order valence-electron chi connectivity index (χ2n) is 3.30. The zero-order valence-electron chi connectivity index (χ0n) is 9.18. The van der Waals surface area contributed by atoms with Gasteiger partial charge < -0.3 is 10.4 Å². The molecule has 0 aliphatic heterocycles. The Balaban J connectivity index is 3.53. The number of hydrogen-bond donors (Lipinski definition) is 2. The number of carboxylic acids is 1. The minimum absolute atomic E-state index is 0.494. The molecular formula is C11H21NO2. The van der Waals surface area contributed by atoms with Crippen LogP contribution >= 0.6 is 0 Å². The Morgan fingerprint density at radius 3 is 2.57 bits per heavy atom. The molecule has 0 aliphatic carbocycles. The molecule has 0 aromatic carbocycles. The van der Waals surface area contributed by atoms with Gasteiger partial charge in [0.25, 0.3) is 0 Å². The maximum Gasteiger partial charge on any atom is 0.331 e. The van der Waals surface area contributed by atoms with Gasteiger partial charge in [-0.2, -0.15) is 0 Å². The van der Waals surface area contributed by atoms with Crippen molar-refractivity contribution in [2.45, 2.75) is 39.5 Å². The Bertz CT molecular complexity index is 188. The topological polar surface area (TPSA) is 49.3 Å². The van der Waals surface area contributed by atoms with E-state index in [1.54, 1.807) is 6.08 Å². The smallest absolute Gasteiger partial charge is 0.331 e. The summed E-state index contributed by atoms with van der Waals surface area (Å²) in [6, 6.07) is 0. The Morgan fingerprint density at radius 2 is 2.07 bits per heavy atom. The van der Waals surface area contributed by atoms with Crippen molar-refractivity contribution in [2.75, 3.05) is 13.1 Å². The van der Waals surface area contributed by atoms with E-state index in [-0.39, 0.29) is 0 Å². The fourth-order valence-corrected chi connectivity index (χ4v) is 1.18. The molecule has 0 amide bonds. The first-order valence-electron chi connectivity index (χ1n) is 5.35. The molecule has 0 rings (SSSR count). The third-order valence-corrected chi connectivity index (χ3v) is 2.11. The summed E-state index contributed by atoms with van der Waals surface area (Å²) in [5, 5.41) is 11.9. The van der Waals surface area contributed by atoms with Crippen molar-refractivity contribution in [3.63, 3.8) is 0 Å². The lowest BCUT2D eigenvalue weighted by Gasteiger charge is -2.01. The molecule has 0 unspecified atom stereocenters. The van der Waals surface area contributed by atoms with Crippen molar-refractivity contribution < 1.29 is 9.90 Å². The first-order valence-corrected chi connectivity index (χ1v) is 5.35. The maximum absolute atomic E-state index is 10.6. The first-order chi connectivity index (χ1) is 6.72. The van der Waals surface area contributed by atoms with E-state index >= 15 is 0 Å². The lowest BCUT2D eigenvalue weighted by molar-refractivity contribution is -0.132. The van der Waals surface area contributed by atoms with Gasteiger partial charge in [-0.1, -0.05) is 32.8 Å². The predicted octanol–water partition coefficient (Wildman–Crippen LogP) is 2.19. The number of hydrogen-bond acceptors (Lipinski definition) is 2. The highest BCUT2D eigenvalue weighted by atomic mass is 16.4. The third kappa shape index (κ3) is 6.66. The zero-order chi connectivity index (χ0) is 10.8. The Morgan fingerprint density at radius 1 is 1.36 bits per heavy atom. The molecule has 0 saturated carbocycles. The molecule has 0 spiro atoms. The fraction of sp³-hybridized carbons (Fsp3) is 0.727. The van der Waals surface area contributed by atoms with Crippen molar-refractivity contribution in [3.8, 4) is 0 Å². The second kappa shape index (κ2) is 8.75. The van der Waals surface area contributed by atoms with Gasteiger partial charge in [0.1, 0.15) is 0 Å². The first kappa shape index (κ1) is 13.2. The zero-order valence-corrected chi connectivity index (χ0v) is 9.18. The number of carboxylic acid groups (broad SMARTS) is 1. The molecule has 0 fully saturated rings. The maximum atomic E-state index is 10.6. The van der Waals surface area contributed by atoms with Gasteiger partial charge in [0.15, 0.2) is 0 Å². The van der Waals surface area contributed by atoms with E-state index in [0.717, 1.165) is 6.54 Å². The highest BCUT2D eigenvalue weighted by molar-refractivity contribution is 5.86. The second-order valence-corrected chi connectivity index (χ2v) is 3.30. The van der Waals surface area contributed by atoms with Crippen LogP contribution < -0.4 is 5.32 Å². The molecule has 14 heavy (non-hydrogen) atoms. The van der Waals surface area contributed by atoms with E-state index in [4.69, 9.17) is 5.11 Å². The summed E-state index contributed by atoms with van der Waals surface area (Å²) in [5.41, 5.74) is 0.494. The molecule has 2 N–H and O–H groups in total. The van der Waals surface area contributed by atoms with Crippen LogP contribution in [0.1, 0.15) is 39.5 Å². The molecule has 0 aliphatic rings. The molecule has 3 nitrogen and oxygen atoms in total. The van der Waals surface area contributed by atoms with E-state index in [0.29, 0.717) is 18.5 Å². The highest BCUT2D eigenvalue weighted by Crippen LogP contribution is 1.99. The number of aliphatic carboxylic acids is 1. The molecule has 3 heteroatoms. The molecule has 0 aromatic rings. The van der Waals surface area contributed by atoms with E-state index in [1.165, 1.54) is 19.3 Å². The van der Waals surface area contributed by atoms with Gasteiger partial charge in [0, 0.05) is 12.1 Å². The number of carbonyl (C=O) groups is 1. The lowest BCUT2D eigenvalue weighted by atomic mass is 10.2. The van der Waals surface area contributed by atoms with Crippen LogP contribution in [0.15, 0.2) is 11.6 Å². The Hall–Kier alpha value is -0.830. The monoisotopic (exact) mass is 199 g/mol. The Labute approximate surface area is 86.2 Å². The summed E-state index contributed by atoms with van der Waals surface area (Å²) in [6.07, 6.45) is 5.96. The molecule has 82 valence electrons. The van der Waals surface area contributed by atoms with Crippen molar-refractivity contribution in [2.24, 2.45) is 0 Å². The van der Waals surface area contributed by atoms with Crippen LogP contribution in [0.4, 0.5) is 0 Å². The van der Waals surface area contributed by atoms with Crippen molar-refractivity contribution in [1.82, 2.24) is 5.32 Å². The van der Waals surface area contributed by atoms with Gasteiger partial charge in [-0.15, -0.1) is 0 Å². The van der Waals surface area contributed by atoms with Gasteiger partial charge in [-0.3, -0.25) is 0 Å². The summed E-state index contributed by atoms with van der Waals surface area (Å²) in [7, 11) is 0. The molecule has 0 bridgehead atoms. The van der Waals surface area contributed by atoms with E-state index in [9.17, 15) is 4.79 Å². The normalized spacial score (nSPS) is 11.7. The number of nitrogens with one attached hydrogen (secondary N) is 1. The van der Waals surface area contributed by atoms with Crippen LogP contribution in [0.5, 0.6) is 0 Å². The van der Waals surface area contributed by atoms with Crippen LogP contribution in [0.3, 0.4) is 0 Å². The van der Waals surface area contributed by atoms with Gasteiger partial charge in [-0.25, -0.2) is 4.79 Å². The number of rotatable bonds is 8. The van der Waals surface area contributed by atoms with Crippen LogP contribution in [0.25, 0.3) is 0 Å². The van der Waals surface area contributed by atoms with E-state index in [2.05, 4.69) is 12.2 Å². The molecular weight excluding hydrogens is 178 g/mol. The SMILES string of the molecule is CCCCCNCC=C(CC)C(=O)O. The largest absolute Gasteiger partial charge is 0.478 e. The summed E-state index contributed by atoms with van der Waals surface area (Å²) in [4.78, 5) is 10.6. The van der Waals surface area contributed by atoms with Gasteiger partial charge in [0.2, 0.25) is 0 Å². The van der Waals surface area contributed by atoms with Crippen LogP contribution in [-0.4, -0.2) is 24.2 Å². The quantitative estimate of drug-likeness (QED) is 0.465. The molecule has 0 radical (unpaired) electrons. The minimum atomic E-state index is -0.803. The van der Waals surface area contributed by atoms with Gasteiger partial charge in [0.05, 0.1) is 0 Å². The van der Waals surface area contributed by atoms with Crippen molar-refractivity contribution in [1.29, 1.82) is 0 Å². The van der Waals surface area contributed by atoms with Crippen LogP contribution in [0.2, 0.25) is 0 Å². The third-order valence-electron chi connectivity index (χ3n) is 2.11. The van der Waals surface area contributed by atoms with Gasteiger partial charge >= 0.3 is 5.97 Å². The standard InChI is InChI=1S/C11H21NO2/c1-3-5-6-8-12-9-7-10(4-2)11(13)14/h7,12H,3-6,8-9H2,1-2H3,(H,13,14). The Kier molecular flexibility index (Phi) is 8.24. The molecule has 0 saturated heterocycles. The van der Waals surface area contributed by atoms with Crippen LogP contribution in [0, 0.1) is 0 Å². The number of unbranched alkanes of at least 4 members (excludes halogenated alkanes) is 2. The molecule has 0 aromatic heterocycles.